The quantitative estimate of drug-likeness (QED) is 0.00963. The summed E-state index contributed by atoms with van der Waals surface area (Å²) in [4.78, 5) is 200. The summed E-state index contributed by atoms with van der Waals surface area (Å²) in [5.74, 6) is -10.7. The maximum Gasteiger partial charge on any atom is 0.410 e. The molecule has 42 heteroatoms. The van der Waals surface area contributed by atoms with E-state index in [2.05, 4.69) is 63.9 Å². The van der Waals surface area contributed by atoms with E-state index in [-0.39, 0.29) is 92.4 Å². The molecule has 0 spiro atoms. The molecule has 812 valence electrons. The van der Waals surface area contributed by atoms with Crippen LogP contribution in [0.3, 0.4) is 0 Å². The number of ether oxygens (including phenoxy) is 11. The number of hydrogen-bond acceptors (Lipinski definition) is 30. The van der Waals surface area contributed by atoms with Crippen LogP contribution in [0.25, 0.3) is 33.5 Å². The van der Waals surface area contributed by atoms with Gasteiger partial charge in [-0.05, 0) is 156 Å². The van der Waals surface area contributed by atoms with E-state index in [1.54, 1.807) is 146 Å². The number of likely N-dealkylation sites (tertiary alicyclic amines) is 1. The van der Waals surface area contributed by atoms with Crippen LogP contribution in [0.15, 0.2) is 103 Å². The molecule has 9 rings (SSSR count). The molecule has 0 aliphatic carbocycles. The third-order valence-electron chi connectivity index (χ3n) is 26.3. The van der Waals surface area contributed by atoms with Gasteiger partial charge in [0.25, 0.3) is 0 Å². The molecular formula is C106H149ClFN15O25. The minimum absolute atomic E-state index is 0.0940. The molecule has 3 saturated heterocycles. The second-order valence-electron chi connectivity index (χ2n) is 39.9. The van der Waals surface area contributed by atoms with Crippen molar-refractivity contribution in [3.05, 3.63) is 131 Å². The summed E-state index contributed by atoms with van der Waals surface area (Å²) in [6.45, 7) is 34.9. The zero-order valence-electron chi connectivity index (χ0n) is 89.0. The van der Waals surface area contributed by atoms with Gasteiger partial charge in [-0.1, -0.05) is 129 Å². The smallest absolute Gasteiger partial charge is 0.410 e. The molecule has 5 heterocycles. The SMILES string of the molecule is C=C(C[C@@H](OC)[C@H]([C@@H](C)CC)N(C)C(=O)[C@@H](NC(=O)[C@H](C(C)C)N(C)C(=O)OCc1ccc(NC(=O)[C@H](C)NC(=O)[C@@H](NC(=O)CCOCCC(=O)NCCNc2ncc(-c3cc(C)cc(F)c3)c(N3CCC(NC(=O)OC(C)(C)C)CC3)c2-c2nc3ccc(Cl)cc3[nH]2)C(C)C)c(O[C@@H]2O[C@H](C(=O)OC)[C@@H](OC(C)=O)[C@H](OC(C)=O)[C@H]2OC(C)=O)c1)C(C)C)N1CCC[C@H]1[C@H](OC)[C@@H](C)C(=O)N[C@H](C)[C@@H](O)c1ccccc1. The van der Waals surface area contributed by atoms with Gasteiger partial charge < -0.3 is 119 Å². The number of aliphatic hydroxyl groups is 1. The molecule has 0 unspecified atom stereocenters. The Morgan fingerprint density at radius 1 is 0.709 bits per heavy atom. The number of nitrogens with one attached hydrogen (secondary N) is 9. The molecule has 9 amide bonds. The monoisotopic (exact) mass is 2090 g/mol. The number of H-pyrrole nitrogens is 1. The number of likely N-dealkylation sites (N-methyl/N-ethyl adjacent to an activating group) is 2. The van der Waals surface area contributed by atoms with Gasteiger partial charge in [-0.3, -0.25) is 52.8 Å². The van der Waals surface area contributed by atoms with E-state index in [4.69, 9.17) is 73.7 Å². The molecule has 0 saturated carbocycles. The Balaban J connectivity index is 0.842. The van der Waals surface area contributed by atoms with Crippen molar-refractivity contribution in [2.45, 2.75) is 286 Å². The molecule has 2 aromatic heterocycles. The molecule has 3 aliphatic rings. The number of aromatic nitrogens is 3. The summed E-state index contributed by atoms with van der Waals surface area (Å²) in [6.07, 6.45) is -8.38. The molecule has 10 N–H and O–H groups in total. The van der Waals surface area contributed by atoms with E-state index in [9.17, 15) is 62.6 Å². The third-order valence-corrected chi connectivity index (χ3v) is 26.5. The molecule has 0 radical (unpaired) electrons. The number of aliphatic hydroxyl groups excluding tert-OH is 1. The summed E-state index contributed by atoms with van der Waals surface area (Å²) >= 11 is 6.46. The highest BCUT2D eigenvalue weighted by molar-refractivity contribution is 6.31. The van der Waals surface area contributed by atoms with Crippen LogP contribution >= 0.6 is 11.6 Å². The van der Waals surface area contributed by atoms with E-state index in [0.717, 1.165) is 39.2 Å². The first-order chi connectivity index (χ1) is 70.0. The van der Waals surface area contributed by atoms with Crippen LogP contribution < -0.4 is 52.2 Å². The van der Waals surface area contributed by atoms with Crippen LogP contribution in [0.5, 0.6) is 5.75 Å². The van der Waals surface area contributed by atoms with E-state index in [1.807, 2.05) is 38.1 Å². The van der Waals surface area contributed by atoms with Gasteiger partial charge in [0, 0.05) is 130 Å². The summed E-state index contributed by atoms with van der Waals surface area (Å²) in [7, 11) is 7.13. The largest absolute Gasteiger partial charge is 0.467 e. The average Bonchev–Trinajstić information content (AvgIpc) is 1.62. The number of anilines is 3. The second-order valence-corrected chi connectivity index (χ2v) is 40.4. The van der Waals surface area contributed by atoms with Gasteiger partial charge in [-0.2, -0.15) is 0 Å². The van der Waals surface area contributed by atoms with Gasteiger partial charge >= 0.3 is 36.1 Å². The Bertz CT molecular complexity index is 5580. The fourth-order valence-corrected chi connectivity index (χ4v) is 18.8. The summed E-state index contributed by atoms with van der Waals surface area (Å²) < 4.78 is 79.3. The average molecular weight is 2090 g/mol. The van der Waals surface area contributed by atoms with Crippen molar-refractivity contribution in [2.24, 2.45) is 29.6 Å². The Labute approximate surface area is 869 Å². The third kappa shape index (κ3) is 32.6. The molecule has 3 fully saturated rings. The zero-order chi connectivity index (χ0) is 109. The van der Waals surface area contributed by atoms with E-state index in [0.29, 0.717) is 112 Å². The van der Waals surface area contributed by atoms with Gasteiger partial charge in [-0.25, -0.2) is 28.7 Å². The normalized spacial score (nSPS) is 18.7. The molecule has 3 aliphatic heterocycles. The number of aromatic amines is 1. The highest BCUT2D eigenvalue weighted by Crippen LogP contribution is 2.45. The Morgan fingerprint density at radius 2 is 1.36 bits per heavy atom. The number of piperidine rings is 1. The second kappa shape index (κ2) is 54.9. The highest BCUT2D eigenvalue weighted by Gasteiger charge is 2.57. The van der Waals surface area contributed by atoms with Gasteiger partial charge in [0.1, 0.15) is 59.6 Å². The summed E-state index contributed by atoms with van der Waals surface area (Å²) in [5.41, 5.74) is 5.02. The summed E-state index contributed by atoms with van der Waals surface area (Å²) in [5, 5.41) is 34.8. The topological polar surface area (TPSA) is 494 Å². The number of aryl methyl sites for hydroxylation is 1. The van der Waals surface area contributed by atoms with Crippen LogP contribution in [0.2, 0.25) is 5.02 Å². The molecule has 17 atom stereocenters. The van der Waals surface area contributed by atoms with Gasteiger partial charge in [0.15, 0.2) is 18.3 Å². The summed E-state index contributed by atoms with van der Waals surface area (Å²) in [6, 6.07) is 16.4. The Morgan fingerprint density at radius 3 is 1.98 bits per heavy atom. The number of methoxy groups -OCH3 is 3. The fourth-order valence-electron chi connectivity index (χ4n) is 18.6. The van der Waals surface area contributed by atoms with Crippen molar-refractivity contribution in [3.63, 3.8) is 0 Å². The highest BCUT2D eigenvalue weighted by atomic mass is 35.5. The number of hydrogen-bond donors (Lipinski definition) is 10. The number of fused-ring (bicyclic) bond motifs is 1. The lowest BCUT2D eigenvalue weighted by atomic mass is 9.89. The lowest BCUT2D eigenvalue weighted by Gasteiger charge is -2.43. The number of halogens is 2. The van der Waals surface area contributed by atoms with Crippen molar-refractivity contribution in [1.82, 2.24) is 61.6 Å². The van der Waals surface area contributed by atoms with Crippen LogP contribution in [0.1, 0.15) is 192 Å². The van der Waals surface area contributed by atoms with Crippen molar-refractivity contribution in [2.75, 3.05) is 96.9 Å². The standard InChI is InChI=1S/C106H149ClFN15O25/c1-25-60(9)87(80(138-22)50-61(10)123-43-29-32-78(123)90(139-23)62(11)97(130)112-63(12)89(129)69-30-27-26-28-31-69)120(20)101(134)85(57(4)5)119-100(133)86(58(6)7)121(21)105(137)142-55-68-33-35-76(79(51-68)146-103-94(145-67(16)126)92(144-66(15)125)91(143-65(14)124)93(147-103)102(135)140-24)117-98(131)64(13)113-99(132)84(56(2)3)118-82(128)40-47-141-46-39-81(127)109-41-42-110-95-83(96-115-75-36-34-71(107)53-77(75)116-96)88(74(54-111-95)70-48-59(8)49-72(108)52-70)122-44-37-73(38-45-122)114-104(136)148-106(17,18)19/h26-28,30-31,33-36,48-49,51-54,56-58,60,62-64,73,78,80,84-87,89-94,103,129H,10,25,29,32,37-47,50,55H2,1-9,11-24H3,(H,109,127)(H,110,111)(H,112,130)(H,113,132)(H,114,136)(H,115,116)(H,117,131)(H,118,128)(H,119,133)/t60-,62+,63+,64-,78-,80+,84-,85-,86-,87-,89+,90+,91-,92-,93-,94+,103+/m0/s1. The number of esters is 4. The van der Waals surface area contributed by atoms with Gasteiger partial charge in [0.05, 0.1) is 90.7 Å². The molecule has 148 heavy (non-hydrogen) atoms. The lowest BCUT2D eigenvalue weighted by molar-refractivity contribution is -0.282. The number of carbonyl (C=O) groups excluding carboxylic acids is 13. The first-order valence-electron chi connectivity index (χ1n) is 50.2. The number of rotatable bonds is 49. The van der Waals surface area contributed by atoms with Crippen LogP contribution in [0, 0.1) is 42.3 Å². The Kier molecular flexibility index (Phi) is 44.0. The van der Waals surface area contributed by atoms with E-state index in [1.165, 1.54) is 44.3 Å². The minimum atomic E-state index is -2.01. The predicted molar refractivity (Wildman–Crippen MR) is 551 cm³/mol. The van der Waals surface area contributed by atoms with Crippen LogP contribution in [-0.2, 0) is 107 Å². The number of nitrogens with zero attached hydrogens (tertiary/aromatic N) is 6. The maximum atomic E-state index is 15.3. The predicted octanol–water partition coefficient (Wildman–Crippen LogP) is 11.4. The van der Waals surface area contributed by atoms with Gasteiger partial charge in [0.2, 0.25) is 53.7 Å². The molecular weight excluding hydrogens is 1940 g/mol. The zero-order valence-corrected chi connectivity index (χ0v) is 89.7. The fraction of sp³-hybridized carbons (Fsp3) is 0.575. The minimum Gasteiger partial charge on any atom is -0.467 e. The number of pyridine rings is 1. The molecule has 6 aromatic rings. The van der Waals surface area contributed by atoms with Crippen molar-refractivity contribution < 1.29 is 124 Å². The number of carbonyl (C=O) groups is 13. The molecule has 0 bridgehead atoms. The maximum absolute atomic E-state index is 15.3. The lowest BCUT2D eigenvalue weighted by Crippen LogP contribution is -2.64. The van der Waals surface area contributed by atoms with Crippen molar-refractivity contribution in [3.8, 4) is 28.3 Å². The molecule has 4 aromatic carbocycles. The van der Waals surface area contributed by atoms with E-state index >= 15 is 9.18 Å². The number of benzene rings is 4. The van der Waals surface area contributed by atoms with Crippen molar-refractivity contribution in [1.29, 1.82) is 0 Å². The number of amides is 9. The van der Waals surface area contributed by atoms with Crippen molar-refractivity contribution >= 4 is 117 Å². The molecule has 40 nitrogen and oxygen atoms in total. The number of imidazole rings is 1. The Hall–Kier alpha value is -12.8. The first-order valence-corrected chi connectivity index (χ1v) is 50.6. The van der Waals surface area contributed by atoms with Crippen LogP contribution in [0.4, 0.5) is 31.2 Å². The van der Waals surface area contributed by atoms with Gasteiger partial charge in [-0.15, -0.1) is 0 Å². The van der Waals surface area contributed by atoms with Crippen LogP contribution in [-0.4, -0.2) is 290 Å². The van der Waals surface area contributed by atoms with E-state index < -0.39 is 193 Å². The first kappa shape index (κ1) is 119. The number of alkyl carbamates (subject to hydrolysis) is 1.